The zero-order valence-electron chi connectivity index (χ0n) is 14.3. The average molecular weight is 292 g/mol. The van der Waals surface area contributed by atoms with Crippen LogP contribution in [-0.4, -0.2) is 32.5 Å². The maximum absolute atomic E-state index is 6.14. The summed E-state index contributed by atoms with van der Waals surface area (Å²) >= 11 is 0. The molecular formula is C16H25BO4. The van der Waals surface area contributed by atoms with E-state index in [0.717, 1.165) is 28.1 Å². The Morgan fingerprint density at radius 2 is 1.43 bits per heavy atom. The Bertz CT molecular complexity index is 536. The van der Waals surface area contributed by atoms with Gasteiger partial charge in [-0.2, -0.15) is 0 Å². The first kappa shape index (κ1) is 16.2. The lowest BCUT2D eigenvalue weighted by Gasteiger charge is -2.32. The molecule has 116 valence electrons. The molecule has 1 heterocycles. The summed E-state index contributed by atoms with van der Waals surface area (Å²) in [5.74, 6) is 1.60. The maximum atomic E-state index is 6.14. The molecule has 0 saturated carbocycles. The summed E-state index contributed by atoms with van der Waals surface area (Å²) in [6.07, 6.45) is 0. The fourth-order valence-electron chi connectivity index (χ4n) is 2.62. The molecule has 0 aliphatic carbocycles. The van der Waals surface area contributed by atoms with Gasteiger partial charge < -0.3 is 18.8 Å². The molecule has 2 rings (SSSR count). The monoisotopic (exact) mass is 292 g/mol. The minimum absolute atomic E-state index is 0.366. The van der Waals surface area contributed by atoms with Gasteiger partial charge in [-0.25, -0.2) is 0 Å². The highest BCUT2D eigenvalue weighted by Crippen LogP contribution is 2.38. The van der Waals surface area contributed by atoms with Crippen molar-refractivity contribution in [3.05, 3.63) is 17.2 Å². The van der Waals surface area contributed by atoms with Gasteiger partial charge in [-0.1, -0.05) is 0 Å². The Labute approximate surface area is 127 Å². The highest BCUT2D eigenvalue weighted by molar-refractivity contribution is 6.62. The summed E-state index contributed by atoms with van der Waals surface area (Å²) < 4.78 is 23.3. The van der Waals surface area contributed by atoms with Gasteiger partial charge in [0.15, 0.2) is 0 Å². The highest BCUT2D eigenvalue weighted by atomic mass is 16.7. The van der Waals surface area contributed by atoms with Crippen LogP contribution in [-0.2, 0) is 9.31 Å². The number of hydrogen-bond acceptors (Lipinski definition) is 4. The minimum atomic E-state index is -0.418. The molecule has 1 aliphatic heterocycles. The third-order valence-electron chi connectivity index (χ3n) is 4.70. The third-order valence-corrected chi connectivity index (χ3v) is 4.70. The lowest BCUT2D eigenvalue weighted by atomic mass is 9.75. The van der Waals surface area contributed by atoms with Gasteiger partial charge in [0, 0.05) is 5.56 Å². The Balaban J connectivity index is 2.51. The normalized spacial score (nSPS) is 19.7. The van der Waals surface area contributed by atoms with Crippen LogP contribution in [0.15, 0.2) is 6.07 Å². The Morgan fingerprint density at radius 3 is 1.86 bits per heavy atom. The molecule has 0 unspecified atom stereocenters. The molecule has 5 heteroatoms. The number of hydrogen-bond donors (Lipinski definition) is 0. The molecule has 0 N–H and O–H groups in total. The molecule has 1 saturated heterocycles. The van der Waals surface area contributed by atoms with Gasteiger partial charge in [0.05, 0.1) is 25.4 Å². The maximum Gasteiger partial charge on any atom is 0.495 e. The first-order valence-electron chi connectivity index (χ1n) is 7.22. The first-order valence-corrected chi connectivity index (χ1v) is 7.22. The van der Waals surface area contributed by atoms with Crippen LogP contribution < -0.4 is 14.9 Å². The number of rotatable bonds is 3. The largest absolute Gasteiger partial charge is 0.496 e. The van der Waals surface area contributed by atoms with E-state index in [1.807, 2.05) is 47.6 Å². The summed E-state index contributed by atoms with van der Waals surface area (Å²) in [6.45, 7) is 12.2. The quantitative estimate of drug-likeness (QED) is 0.803. The van der Waals surface area contributed by atoms with Gasteiger partial charge >= 0.3 is 7.12 Å². The van der Waals surface area contributed by atoms with E-state index in [1.54, 1.807) is 14.2 Å². The van der Waals surface area contributed by atoms with Crippen molar-refractivity contribution in [3.63, 3.8) is 0 Å². The molecule has 1 aromatic rings. The van der Waals surface area contributed by atoms with Gasteiger partial charge in [-0.05, 0) is 58.6 Å². The van der Waals surface area contributed by atoms with E-state index in [-0.39, 0.29) is 11.2 Å². The van der Waals surface area contributed by atoms with Crippen molar-refractivity contribution in [3.8, 4) is 11.5 Å². The van der Waals surface area contributed by atoms with Crippen molar-refractivity contribution in [2.75, 3.05) is 14.2 Å². The fraction of sp³-hybridized carbons (Fsp3) is 0.625. The summed E-state index contributed by atoms with van der Waals surface area (Å²) in [7, 11) is 2.91. The lowest BCUT2D eigenvalue weighted by Crippen LogP contribution is -2.41. The highest BCUT2D eigenvalue weighted by Gasteiger charge is 2.52. The van der Waals surface area contributed by atoms with Crippen LogP contribution in [0.3, 0.4) is 0 Å². The van der Waals surface area contributed by atoms with E-state index in [0.29, 0.717) is 0 Å². The van der Waals surface area contributed by atoms with E-state index < -0.39 is 7.12 Å². The Hall–Kier alpha value is -1.20. The molecule has 4 nitrogen and oxygen atoms in total. The van der Waals surface area contributed by atoms with Gasteiger partial charge in [0.1, 0.15) is 11.5 Å². The SMILES string of the molecule is COc1cc(B2OC(C)(C)C(C)(C)O2)c(C)c(OC)c1C. The van der Waals surface area contributed by atoms with Crippen molar-refractivity contribution in [2.24, 2.45) is 0 Å². The van der Waals surface area contributed by atoms with Crippen molar-refractivity contribution in [1.82, 2.24) is 0 Å². The molecule has 0 radical (unpaired) electrons. The van der Waals surface area contributed by atoms with E-state index in [1.165, 1.54) is 0 Å². The molecule has 21 heavy (non-hydrogen) atoms. The van der Waals surface area contributed by atoms with Crippen molar-refractivity contribution in [1.29, 1.82) is 0 Å². The zero-order valence-corrected chi connectivity index (χ0v) is 14.3. The number of methoxy groups -OCH3 is 2. The summed E-state index contributed by atoms with van der Waals surface area (Å²) in [5, 5.41) is 0. The van der Waals surface area contributed by atoms with Crippen LogP contribution in [0.2, 0.25) is 0 Å². The second kappa shape index (κ2) is 5.22. The molecular weight excluding hydrogens is 267 g/mol. The molecule has 0 amide bonds. The molecule has 0 aromatic heterocycles. The lowest BCUT2D eigenvalue weighted by molar-refractivity contribution is 0.00578. The van der Waals surface area contributed by atoms with E-state index in [4.69, 9.17) is 18.8 Å². The second-order valence-corrected chi connectivity index (χ2v) is 6.54. The predicted molar refractivity (Wildman–Crippen MR) is 84.7 cm³/mol. The number of ether oxygens (including phenoxy) is 2. The fourth-order valence-corrected chi connectivity index (χ4v) is 2.62. The van der Waals surface area contributed by atoms with Gasteiger partial charge in [-0.3, -0.25) is 0 Å². The molecule has 1 aromatic carbocycles. The number of benzene rings is 1. The van der Waals surface area contributed by atoms with Crippen molar-refractivity contribution < 1.29 is 18.8 Å². The Morgan fingerprint density at radius 1 is 0.905 bits per heavy atom. The predicted octanol–water partition coefficient (Wildman–Crippen LogP) is 2.62. The zero-order chi connectivity index (χ0) is 16.0. The van der Waals surface area contributed by atoms with Crippen LogP contribution in [0.4, 0.5) is 0 Å². The van der Waals surface area contributed by atoms with Crippen LogP contribution in [0.25, 0.3) is 0 Å². The van der Waals surface area contributed by atoms with Crippen LogP contribution >= 0.6 is 0 Å². The van der Waals surface area contributed by atoms with Crippen LogP contribution in [0, 0.1) is 13.8 Å². The smallest absolute Gasteiger partial charge is 0.495 e. The van der Waals surface area contributed by atoms with Crippen LogP contribution in [0.1, 0.15) is 38.8 Å². The molecule has 1 fully saturated rings. The van der Waals surface area contributed by atoms with E-state index in [2.05, 4.69) is 0 Å². The van der Waals surface area contributed by atoms with Gasteiger partial charge in [-0.15, -0.1) is 0 Å². The van der Waals surface area contributed by atoms with Crippen molar-refractivity contribution in [2.45, 2.75) is 52.7 Å². The summed E-state index contributed by atoms with van der Waals surface area (Å²) in [5.41, 5.74) is 2.23. The van der Waals surface area contributed by atoms with Gasteiger partial charge in [0.25, 0.3) is 0 Å². The average Bonchev–Trinajstić information content (AvgIpc) is 2.59. The van der Waals surface area contributed by atoms with Gasteiger partial charge in [0.2, 0.25) is 0 Å². The topological polar surface area (TPSA) is 36.9 Å². The molecule has 0 bridgehead atoms. The molecule has 0 spiro atoms. The van der Waals surface area contributed by atoms with Crippen molar-refractivity contribution >= 4 is 12.6 Å². The first-order chi connectivity index (χ1) is 9.64. The summed E-state index contributed by atoms with van der Waals surface area (Å²) in [4.78, 5) is 0. The molecule has 0 atom stereocenters. The second-order valence-electron chi connectivity index (χ2n) is 6.54. The summed E-state index contributed by atoms with van der Waals surface area (Å²) in [6, 6.07) is 1.98. The Kier molecular flexibility index (Phi) is 4.02. The van der Waals surface area contributed by atoms with E-state index in [9.17, 15) is 0 Å². The molecule has 1 aliphatic rings. The van der Waals surface area contributed by atoms with Crippen LogP contribution in [0.5, 0.6) is 11.5 Å². The minimum Gasteiger partial charge on any atom is -0.496 e. The van der Waals surface area contributed by atoms with E-state index >= 15 is 0 Å². The standard InChI is InChI=1S/C16H25BO4/c1-10-12(9-13(18-7)11(2)14(10)19-8)17-20-15(3,4)16(5,6)21-17/h9H,1-8H3. The third kappa shape index (κ3) is 2.53.